The summed E-state index contributed by atoms with van der Waals surface area (Å²) in [5.41, 5.74) is 6.64. The molecule has 0 spiro atoms. The Balaban J connectivity index is 1.81. The molecule has 0 saturated carbocycles. The van der Waals surface area contributed by atoms with E-state index in [0.717, 1.165) is 12.1 Å². The highest BCUT2D eigenvalue weighted by atomic mass is 19.1. The molecule has 0 saturated heterocycles. The van der Waals surface area contributed by atoms with Gasteiger partial charge in [-0.3, -0.25) is 30.6 Å². The second-order valence-corrected chi connectivity index (χ2v) is 7.49. The number of hydrogen-bond donors (Lipinski definition) is 4. The Morgan fingerprint density at radius 3 is 2.19 bits per heavy atom. The number of nitrogens with one attached hydrogen (secondary N) is 3. The van der Waals surface area contributed by atoms with E-state index in [9.17, 15) is 34.0 Å². The van der Waals surface area contributed by atoms with Crippen LogP contribution in [0.25, 0.3) is 22.4 Å². The van der Waals surface area contributed by atoms with Gasteiger partial charge in [-0.15, -0.1) is 0 Å². The third-order valence-corrected chi connectivity index (χ3v) is 5.09. The molecular formula is C24H17FN6O6. The maximum absolute atomic E-state index is 13.3. The van der Waals surface area contributed by atoms with Crippen molar-refractivity contribution in [3.63, 3.8) is 0 Å². The van der Waals surface area contributed by atoms with Gasteiger partial charge in [-0.25, -0.2) is 14.6 Å². The van der Waals surface area contributed by atoms with Gasteiger partial charge in [0.05, 0.1) is 4.92 Å². The topological polar surface area (TPSA) is 168 Å². The lowest BCUT2D eigenvalue weighted by Gasteiger charge is -2.11. The third kappa shape index (κ3) is 5.40. The van der Waals surface area contributed by atoms with E-state index in [-0.39, 0.29) is 33.8 Å². The van der Waals surface area contributed by atoms with Crippen LogP contribution >= 0.6 is 0 Å². The fourth-order valence-corrected chi connectivity index (χ4v) is 3.49. The highest BCUT2D eigenvalue weighted by Crippen LogP contribution is 2.35. The SMILES string of the molecule is O=C(O)Nn1nc(-c2ccccc2)c(-c2cccc([N+](=O)[O-])c2)c1C(=O)NNC(=O)c1ccc(F)cc1. The Kier molecular flexibility index (Phi) is 6.86. The van der Waals surface area contributed by atoms with Crippen molar-refractivity contribution in [2.24, 2.45) is 0 Å². The monoisotopic (exact) mass is 504 g/mol. The zero-order chi connectivity index (χ0) is 26.5. The van der Waals surface area contributed by atoms with E-state index in [0.29, 0.717) is 10.4 Å². The number of rotatable bonds is 6. The van der Waals surface area contributed by atoms with Gasteiger partial charge in [0.2, 0.25) is 0 Å². The van der Waals surface area contributed by atoms with Crippen molar-refractivity contribution >= 4 is 23.6 Å². The summed E-state index contributed by atoms with van der Waals surface area (Å²) in [5.74, 6) is -2.31. The average Bonchev–Trinajstić information content (AvgIpc) is 3.26. The molecule has 13 heteroatoms. The van der Waals surface area contributed by atoms with Gasteiger partial charge in [0, 0.05) is 28.8 Å². The number of hydrazine groups is 1. The number of aromatic nitrogens is 2. The van der Waals surface area contributed by atoms with Crippen molar-refractivity contribution in [3.05, 3.63) is 106 Å². The van der Waals surface area contributed by atoms with Crippen LogP contribution in [-0.4, -0.2) is 37.8 Å². The molecular weight excluding hydrogens is 487 g/mol. The van der Waals surface area contributed by atoms with Crippen LogP contribution in [-0.2, 0) is 0 Å². The van der Waals surface area contributed by atoms with Crippen molar-refractivity contribution in [2.45, 2.75) is 0 Å². The zero-order valence-electron chi connectivity index (χ0n) is 18.7. The summed E-state index contributed by atoms with van der Waals surface area (Å²) in [6, 6.07) is 18.3. The molecule has 0 atom stereocenters. The molecule has 37 heavy (non-hydrogen) atoms. The van der Waals surface area contributed by atoms with Crippen molar-refractivity contribution in [1.29, 1.82) is 0 Å². The molecule has 4 N–H and O–H groups in total. The number of non-ortho nitro benzene ring substituents is 1. The first-order valence-electron chi connectivity index (χ1n) is 10.5. The summed E-state index contributed by atoms with van der Waals surface area (Å²) in [5, 5.41) is 24.9. The maximum atomic E-state index is 13.3. The Bertz CT molecular complexity index is 1500. The lowest BCUT2D eigenvalue weighted by atomic mass is 9.98. The highest BCUT2D eigenvalue weighted by molar-refractivity contribution is 6.05. The first-order valence-corrected chi connectivity index (χ1v) is 10.5. The summed E-state index contributed by atoms with van der Waals surface area (Å²) in [7, 11) is 0. The van der Waals surface area contributed by atoms with Gasteiger partial charge in [-0.1, -0.05) is 42.5 Å². The molecule has 0 aliphatic heterocycles. The van der Waals surface area contributed by atoms with Crippen LogP contribution < -0.4 is 16.3 Å². The summed E-state index contributed by atoms with van der Waals surface area (Å²) >= 11 is 0. The highest BCUT2D eigenvalue weighted by Gasteiger charge is 2.28. The van der Waals surface area contributed by atoms with E-state index >= 15 is 0 Å². The van der Waals surface area contributed by atoms with Gasteiger partial charge < -0.3 is 5.11 Å². The van der Waals surface area contributed by atoms with Gasteiger partial charge in [-0.2, -0.15) is 9.89 Å². The molecule has 3 amide bonds. The maximum Gasteiger partial charge on any atom is 0.425 e. The van der Waals surface area contributed by atoms with Crippen LogP contribution in [0.4, 0.5) is 14.9 Å². The molecule has 186 valence electrons. The second kappa shape index (κ2) is 10.4. The number of nitro groups is 1. The number of nitro benzene ring substituents is 1. The molecule has 0 aliphatic carbocycles. The first kappa shape index (κ1) is 24.5. The van der Waals surface area contributed by atoms with E-state index < -0.39 is 28.6 Å². The molecule has 1 aromatic heterocycles. The number of amides is 3. The normalized spacial score (nSPS) is 10.4. The number of halogens is 1. The Morgan fingerprint density at radius 1 is 0.892 bits per heavy atom. The first-order chi connectivity index (χ1) is 17.7. The van der Waals surface area contributed by atoms with Crippen molar-refractivity contribution in [1.82, 2.24) is 20.7 Å². The van der Waals surface area contributed by atoms with Gasteiger partial charge in [-0.05, 0) is 29.8 Å². The van der Waals surface area contributed by atoms with Crippen molar-refractivity contribution in [2.75, 3.05) is 5.43 Å². The van der Waals surface area contributed by atoms with E-state index in [1.807, 2.05) is 5.43 Å². The largest absolute Gasteiger partial charge is 0.464 e. The molecule has 4 rings (SSSR count). The molecule has 3 aromatic carbocycles. The third-order valence-electron chi connectivity index (χ3n) is 5.09. The van der Waals surface area contributed by atoms with Gasteiger partial charge >= 0.3 is 6.09 Å². The Morgan fingerprint density at radius 2 is 1.54 bits per heavy atom. The number of carboxylic acid groups (broad SMARTS) is 1. The van der Waals surface area contributed by atoms with Gasteiger partial charge in [0.15, 0.2) is 5.69 Å². The quantitative estimate of drug-likeness (QED) is 0.230. The van der Waals surface area contributed by atoms with Crippen molar-refractivity contribution in [3.8, 4) is 22.4 Å². The smallest absolute Gasteiger partial charge is 0.425 e. The average molecular weight is 504 g/mol. The Labute approximate surface area is 207 Å². The number of benzene rings is 3. The van der Waals surface area contributed by atoms with E-state index in [1.165, 1.54) is 36.4 Å². The van der Waals surface area contributed by atoms with Crippen LogP contribution in [0.15, 0.2) is 78.9 Å². The Hall–Kier alpha value is -5.59. The second-order valence-electron chi connectivity index (χ2n) is 7.49. The summed E-state index contributed by atoms with van der Waals surface area (Å²) in [6.07, 6.45) is -1.54. The van der Waals surface area contributed by atoms with E-state index in [1.54, 1.807) is 30.3 Å². The molecule has 0 radical (unpaired) electrons. The standard InChI is InChI=1S/C24H17FN6O6/c25-17-11-9-15(10-12-17)22(32)26-27-23(33)21-19(16-7-4-8-18(13-16)31(36)37)20(14-5-2-1-3-6-14)28-30(21)29-24(34)35/h1-13,29H,(H,26,32)(H,27,33)(H,34,35). The lowest BCUT2D eigenvalue weighted by molar-refractivity contribution is -0.384. The molecule has 0 unspecified atom stereocenters. The molecule has 0 bridgehead atoms. The van der Waals surface area contributed by atoms with E-state index in [4.69, 9.17) is 0 Å². The van der Waals surface area contributed by atoms with Crippen LogP contribution in [0.2, 0.25) is 0 Å². The summed E-state index contributed by atoms with van der Waals surface area (Å²) in [4.78, 5) is 48.6. The molecule has 12 nitrogen and oxygen atoms in total. The van der Waals surface area contributed by atoms with E-state index in [2.05, 4.69) is 16.0 Å². The summed E-state index contributed by atoms with van der Waals surface area (Å²) < 4.78 is 13.2. The molecule has 4 aromatic rings. The number of carbonyl (C=O) groups is 3. The van der Waals surface area contributed by atoms with Crippen molar-refractivity contribution < 1.29 is 28.8 Å². The predicted molar refractivity (Wildman–Crippen MR) is 128 cm³/mol. The minimum Gasteiger partial charge on any atom is -0.464 e. The number of hydrogen-bond acceptors (Lipinski definition) is 6. The minimum absolute atomic E-state index is 0.0442. The zero-order valence-corrected chi connectivity index (χ0v) is 18.7. The lowest BCUT2D eigenvalue weighted by Crippen LogP contribution is -2.43. The minimum atomic E-state index is -1.54. The summed E-state index contributed by atoms with van der Waals surface area (Å²) in [6.45, 7) is 0. The fraction of sp³-hybridized carbons (Fsp3) is 0. The van der Waals surface area contributed by atoms with Gasteiger partial charge in [0.25, 0.3) is 17.5 Å². The van der Waals surface area contributed by atoms with Crippen LogP contribution in [0, 0.1) is 15.9 Å². The number of carbonyl (C=O) groups excluding carboxylic acids is 2. The van der Waals surface area contributed by atoms with Crippen LogP contribution in [0.5, 0.6) is 0 Å². The molecule has 0 aliphatic rings. The predicted octanol–water partition coefficient (Wildman–Crippen LogP) is 3.56. The number of nitrogens with zero attached hydrogens (tertiary/aromatic N) is 3. The fourth-order valence-electron chi connectivity index (χ4n) is 3.49. The van der Waals surface area contributed by atoms with Crippen LogP contribution in [0.3, 0.4) is 0 Å². The van der Waals surface area contributed by atoms with Crippen LogP contribution in [0.1, 0.15) is 20.8 Å². The molecule has 1 heterocycles. The molecule has 0 fully saturated rings. The van der Waals surface area contributed by atoms with Gasteiger partial charge in [0.1, 0.15) is 11.5 Å².